The summed E-state index contributed by atoms with van der Waals surface area (Å²) in [6.45, 7) is 10.7. The van der Waals surface area contributed by atoms with Gasteiger partial charge < -0.3 is 20.9 Å². The van der Waals surface area contributed by atoms with Gasteiger partial charge in [-0.25, -0.2) is 0 Å². The summed E-state index contributed by atoms with van der Waals surface area (Å²) in [5.74, 6) is 0.0954. The van der Waals surface area contributed by atoms with Crippen molar-refractivity contribution in [1.29, 1.82) is 0 Å². The summed E-state index contributed by atoms with van der Waals surface area (Å²) in [4.78, 5) is 22.7. The lowest BCUT2D eigenvalue weighted by atomic mass is 10.1. The number of aliphatic hydroxyl groups is 1. The number of ether oxygens (including phenoxy) is 1. The van der Waals surface area contributed by atoms with Crippen molar-refractivity contribution in [3.8, 4) is 0 Å². The predicted octanol–water partition coefficient (Wildman–Crippen LogP) is 2.36. The summed E-state index contributed by atoms with van der Waals surface area (Å²) in [5, 5.41) is 11.7. The van der Waals surface area contributed by atoms with Crippen molar-refractivity contribution in [2.45, 2.75) is 46.6 Å². The molecular weight excluding hydrogens is 320 g/mol. The van der Waals surface area contributed by atoms with Crippen LogP contribution in [-0.4, -0.2) is 42.3 Å². The standard InChI is InChI=1S/C14H20N2O4.C5H12/c1-14(2,9-17)20-8-7-16-13(19)11-5-3-10(4-6-11)12(15)18;1-4-5(2)3/h3-6,17H,7-9H2,1-2H3,(H2,15,18)(H,16,19);5H,4H2,1-3H3. The second-order valence-corrected chi connectivity index (χ2v) is 6.77. The minimum Gasteiger partial charge on any atom is -0.393 e. The van der Waals surface area contributed by atoms with Crippen LogP contribution in [0.4, 0.5) is 0 Å². The molecule has 0 aliphatic rings. The van der Waals surface area contributed by atoms with E-state index in [0.717, 1.165) is 5.92 Å². The fraction of sp³-hybridized carbons (Fsp3) is 0.579. The van der Waals surface area contributed by atoms with Crippen LogP contribution in [0.15, 0.2) is 24.3 Å². The molecule has 0 aliphatic heterocycles. The highest BCUT2D eigenvalue weighted by molar-refractivity contribution is 5.97. The van der Waals surface area contributed by atoms with Gasteiger partial charge in [0.2, 0.25) is 5.91 Å². The minimum absolute atomic E-state index is 0.0878. The van der Waals surface area contributed by atoms with Crippen molar-refractivity contribution in [3.63, 3.8) is 0 Å². The molecule has 2 amide bonds. The first-order valence-corrected chi connectivity index (χ1v) is 8.55. The maximum atomic E-state index is 11.8. The number of hydrogen-bond donors (Lipinski definition) is 3. The Morgan fingerprint density at radius 1 is 1.20 bits per heavy atom. The molecule has 1 rings (SSSR count). The number of rotatable bonds is 8. The summed E-state index contributed by atoms with van der Waals surface area (Å²) in [6.07, 6.45) is 1.31. The lowest BCUT2D eigenvalue weighted by Crippen LogP contribution is -2.34. The van der Waals surface area contributed by atoms with E-state index in [4.69, 9.17) is 15.6 Å². The van der Waals surface area contributed by atoms with Crippen LogP contribution in [-0.2, 0) is 4.74 Å². The summed E-state index contributed by atoms with van der Waals surface area (Å²) in [6, 6.07) is 6.08. The molecule has 0 bridgehead atoms. The third kappa shape index (κ3) is 10.5. The van der Waals surface area contributed by atoms with Gasteiger partial charge in [-0.1, -0.05) is 27.2 Å². The highest BCUT2D eigenvalue weighted by atomic mass is 16.5. The third-order valence-corrected chi connectivity index (χ3v) is 3.51. The van der Waals surface area contributed by atoms with Gasteiger partial charge in [0.15, 0.2) is 0 Å². The van der Waals surface area contributed by atoms with E-state index < -0.39 is 11.5 Å². The van der Waals surface area contributed by atoms with Gasteiger partial charge in [0.05, 0.1) is 18.8 Å². The Hall–Kier alpha value is -1.92. The normalized spacial score (nSPS) is 10.8. The lowest BCUT2D eigenvalue weighted by molar-refractivity contribution is -0.0513. The molecule has 6 heteroatoms. The van der Waals surface area contributed by atoms with E-state index in [1.54, 1.807) is 13.8 Å². The molecule has 142 valence electrons. The quantitative estimate of drug-likeness (QED) is 0.625. The lowest BCUT2D eigenvalue weighted by Gasteiger charge is -2.22. The molecule has 0 saturated heterocycles. The summed E-state index contributed by atoms with van der Waals surface area (Å²) < 4.78 is 5.39. The second-order valence-electron chi connectivity index (χ2n) is 6.77. The van der Waals surface area contributed by atoms with E-state index in [1.165, 1.54) is 30.7 Å². The molecule has 0 aromatic heterocycles. The summed E-state index contributed by atoms with van der Waals surface area (Å²) in [7, 11) is 0. The van der Waals surface area contributed by atoms with Crippen molar-refractivity contribution < 1.29 is 19.4 Å². The molecule has 0 heterocycles. The average Bonchev–Trinajstić information content (AvgIpc) is 2.59. The Balaban J connectivity index is 0.00000101. The molecule has 0 spiro atoms. The van der Waals surface area contributed by atoms with Crippen molar-refractivity contribution >= 4 is 11.8 Å². The predicted molar refractivity (Wildman–Crippen MR) is 99.5 cm³/mol. The number of aliphatic hydroxyl groups excluding tert-OH is 1. The number of amides is 2. The van der Waals surface area contributed by atoms with E-state index in [2.05, 4.69) is 26.1 Å². The molecule has 25 heavy (non-hydrogen) atoms. The topological polar surface area (TPSA) is 102 Å². The Kier molecular flexibility index (Phi) is 10.7. The minimum atomic E-state index is -0.617. The molecule has 0 fully saturated rings. The molecule has 0 aliphatic carbocycles. The van der Waals surface area contributed by atoms with Crippen LogP contribution in [0.1, 0.15) is 61.8 Å². The smallest absolute Gasteiger partial charge is 0.251 e. The zero-order valence-corrected chi connectivity index (χ0v) is 16.0. The number of carbonyl (C=O) groups is 2. The third-order valence-electron chi connectivity index (χ3n) is 3.51. The van der Waals surface area contributed by atoms with Gasteiger partial charge in [-0.2, -0.15) is 0 Å². The van der Waals surface area contributed by atoms with E-state index in [0.29, 0.717) is 24.3 Å². The van der Waals surface area contributed by atoms with E-state index in [-0.39, 0.29) is 12.5 Å². The number of nitrogens with two attached hydrogens (primary N) is 1. The van der Waals surface area contributed by atoms with Crippen molar-refractivity contribution in [2.75, 3.05) is 19.8 Å². The number of benzene rings is 1. The highest BCUT2D eigenvalue weighted by Gasteiger charge is 2.16. The van der Waals surface area contributed by atoms with Gasteiger partial charge in [-0.05, 0) is 44.0 Å². The molecule has 1 aromatic carbocycles. The van der Waals surface area contributed by atoms with Crippen LogP contribution in [0.3, 0.4) is 0 Å². The van der Waals surface area contributed by atoms with Gasteiger partial charge >= 0.3 is 0 Å². The molecule has 1 aromatic rings. The first kappa shape index (κ1) is 23.1. The largest absolute Gasteiger partial charge is 0.393 e. The maximum absolute atomic E-state index is 11.8. The summed E-state index contributed by atoms with van der Waals surface area (Å²) >= 11 is 0. The van der Waals surface area contributed by atoms with Crippen LogP contribution in [0.2, 0.25) is 0 Å². The zero-order valence-electron chi connectivity index (χ0n) is 16.0. The Bertz CT molecular complexity index is 525. The van der Waals surface area contributed by atoms with Crippen molar-refractivity contribution in [1.82, 2.24) is 5.32 Å². The van der Waals surface area contributed by atoms with E-state index >= 15 is 0 Å². The molecular formula is C19H32N2O4. The fourth-order valence-corrected chi connectivity index (χ4v) is 1.43. The maximum Gasteiger partial charge on any atom is 0.251 e. The average molecular weight is 352 g/mol. The van der Waals surface area contributed by atoms with Gasteiger partial charge in [0.1, 0.15) is 0 Å². The summed E-state index contributed by atoms with van der Waals surface area (Å²) in [5.41, 5.74) is 5.30. The molecule has 0 atom stereocenters. The molecule has 4 N–H and O–H groups in total. The van der Waals surface area contributed by atoms with Crippen LogP contribution in [0.5, 0.6) is 0 Å². The number of carbonyl (C=O) groups excluding carboxylic acids is 2. The van der Waals surface area contributed by atoms with Gasteiger partial charge in [-0.3, -0.25) is 9.59 Å². The van der Waals surface area contributed by atoms with Crippen molar-refractivity contribution in [3.05, 3.63) is 35.4 Å². The number of hydrogen-bond acceptors (Lipinski definition) is 4. The van der Waals surface area contributed by atoms with Gasteiger partial charge in [0, 0.05) is 17.7 Å². The van der Waals surface area contributed by atoms with E-state index in [1.807, 2.05) is 0 Å². The molecule has 0 unspecified atom stereocenters. The Morgan fingerprint density at radius 2 is 1.68 bits per heavy atom. The SMILES string of the molecule is CC(C)(CO)OCCNC(=O)c1ccc(C(N)=O)cc1.CCC(C)C. The van der Waals surface area contributed by atoms with Crippen LogP contribution < -0.4 is 11.1 Å². The number of nitrogens with one attached hydrogen (secondary N) is 1. The second kappa shape index (κ2) is 11.6. The number of primary amides is 1. The molecule has 0 radical (unpaired) electrons. The first-order valence-electron chi connectivity index (χ1n) is 8.55. The van der Waals surface area contributed by atoms with Crippen LogP contribution >= 0.6 is 0 Å². The van der Waals surface area contributed by atoms with Crippen molar-refractivity contribution in [2.24, 2.45) is 11.7 Å². The highest BCUT2D eigenvalue weighted by Crippen LogP contribution is 2.06. The van der Waals surface area contributed by atoms with Gasteiger partial charge in [0.25, 0.3) is 5.91 Å². The Labute approximate surface area is 150 Å². The van der Waals surface area contributed by atoms with Gasteiger partial charge in [-0.15, -0.1) is 0 Å². The molecule has 0 saturated carbocycles. The first-order chi connectivity index (χ1) is 11.6. The zero-order chi connectivity index (χ0) is 19.5. The molecule has 6 nitrogen and oxygen atoms in total. The van der Waals surface area contributed by atoms with E-state index in [9.17, 15) is 9.59 Å². The monoisotopic (exact) mass is 352 g/mol. The fourth-order valence-electron chi connectivity index (χ4n) is 1.43. The van der Waals surface area contributed by atoms with Crippen LogP contribution in [0, 0.1) is 5.92 Å². The Morgan fingerprint density at radius 3 is 2.08 bits per heavy atom. The van der Waals surface area contributed by atoms with Crippen LogP contribution in [0.25, 0.3) is 0 Å².